The summed E-state index contributed by atoms with van der Waals surface area (Å²) in [6.45, 7) is 3.29. The Morgan fingerprint density at radius 3 is 2.33 bits per heavy atom. The normalized spacial score (nSPS) is 24.1. The molecule has 39 heavy (non-hydrogen) atoms. The van der Waals surface area contributed by atoms with Crippen LogP contribution in [0.15, 0.2) is 30.3 Å². The first kappa shape index (κ1) is 30.1. The van der Waals surface area contributed by atoms with Crippen LogP contribution >= 0.6 is 0 Å². The number of unbranched alkanes of at least 4 members (excludes halogenated alkanes) is 2. The summed E-state index contributed by atoms with van der Waals surface area (Å²) in [4.78, 5) is 65.8. The number of Topliss-reactive ketones (excluding diaryl/α,β-unsaturated/α-hetero) is 1. The van der Waals surface area contributed by atoms with Crippen LogP contribution in [0.4, 0.5) is 13.2 Å². The SMILES string of the molecule is CC1(C)NC(=O)[C@H](CCCCCC(=O)C(F)(F)F)NC(=O)C2CCCN2C(=O)[C@H](Cc2ccccc2)NC1=O. The van der Waals surface area contributed by atoms with Gasteiger partial charge in [-0.3, -0.25) is 24.0 Å². The lowest BCUT2D eigenvalue weighted by Gasteiger charge is -2.34. The van der Waals surface area contributed by atoms with Gasteiger partial charge in [0.1, 0.15) is 23.7 Å². The molecule has 2 saturated heterocycles. The van der Waals surface area contributed by atoms with Crippen LogP contribution in [0.2, 0.25) is 0 Å². The number of carbonyl (C=O) groups is 5. The number of fused-ring (bicyclic) bond motifs is 1. The molecule has 214 valence electrons. The van der Waals surface area contributed by atoms with Gasteiger partial charge in [0, 0.05) is 19.4 Å². The van der Waals surface area contributed by atoms with Crippen molar-refractivity contribution in [1.82, 2.24) is 20.9 Å². The van der Waals surface area contributed by atoms with Gasteiger partial charge in [-0.2, -0.15) is 13.2 Å². The van der Waals surface area contributed by atoms with Crippen molar-refractivity contribution < 1.29 is 37.1 Å². The molecule has 1 aromatic carbocycles. The Balaban J connectivity index is 1.76. The van der Waals surface area contributed by atoms with Gasteiger partial charge in [0.15, 0.2) is 0 Å². The lowest BCUT2D eigenvalue weighted by atomic mass is 9.98. The van der Waals surface area contributed by atoms with E-state index in [4.69, 9.17) is 0 Å². The van der Waals surface area contributed by atoms with E-state index in [9.17, 15) is 37.1 Å². The monoisotopic (exact) mass is 552 g/mol. The standard InChI is InChI=1S/C27H35F3N4O5/c1-26(2)25(39)32-19(16-17-10-5-3-6-11-17)24(38)34-15-9-13-20(34)23(37)31-18(22(36)33-26)12-7-4-8-14-21(35)27(28,29)30/h3,5-6,10-11,18-20H,4,7-9,12-16H2,1-2H3,(H,31,37)(H,32,39)(H,33,36)/t18-,19-,20?/m0/s1. The van der Waals surface area contributed by atoms with Crippen molar-refractivity contribution in [3.05, 3.63) is 35.9 Å². The van der Waals surface area contributed by atoms with Gasteiger partial charge >= 0.3 is 6.18 Å². The highest BCUT2D eigenvalue weighted by atomic mass is 19.4. The van der Waals surface area contributed by atoms with E-state index in [1.807, 2.05) is 30.3 Å². The van der Waals surface area contributed by atoms with Crippen molar-refractivity contribution in [2.75, 3.05) is 6.54 Å². The van der Waals surface area contributed by atoms with Gasteiger partial charge in [-0.15, -0.1) is 0 Å². The van der Waals surface area contributed by atoms with E-state index in [0.29, 0.717) is 19.4 Å². The van der Waals surface area contributed by atoms with E-state index in [1.165, 1.54) is 18.7 Å². The summed E-state index contributed by atoms with van der Waals surface area (Å²) < 4.78 is 37.3. The summed E-state index contributed by atoms with van der Waals surface area (Å²) >= 11 is 0. The number of alkyl halides is 3. The molecule has 3 atom stereocenters. The lowest BCUT2D eigenvalue weighted by Crippen LogP contribution is -2.64. The van der Waals surface area contributed by atoms with Crippen LogP contribution in [0.25, 0.3) is 0 Å². The van der Waals surface area contributed by atoms with Gasteiger partial charge in [0.05, 0.1) is 0 Å². The van der Waals surface area contributed by atoms with E-state index in [-0.39, 0.29) is 32.1 Å². The smallest absolute Gasteiger partial charge is 0.343 e. The zero-order chi connectivity index (χ0) is 28.8. The Morgan fingerprint density at radius 2 is 1.67 bits per heavy atom. The van der Waals surface area contributed by atoms with Crippen LogP contribution in [0.1, 0.15) is 64.4 Å². The van der Waals surface area contributed by atoms with Gasteiger partial charge in [-0.1, -0.05) is 43.2 Å². The molecule has 12 heteroatoms. The van der Waals surface area contributed by atoms with Gasteiger partial charge in [-0.25, -0.2) is 0 Å². The fourth-order valence-electron chi connectivity index (χ4n) is 4.83. The quantitative estimate of drug-likeness (QED) is 0.427. The molecular weight excluding hydrogens is 517 g/mol. The van der Waals surface area contributed by atoms with Crippen LogP contribution in [-0.2, 0) is 30.4 Å². The van der Waals surface area contributed by atoms with Crippen LogP contribution in [-0.4, -0.2) is 70.7 Å². The number of halogens is 3. The maximum absolute atomic E-state index is 13.6. The highest BCUT2D eigenvalue weighted by Gasteiger charge is 2.42. The Hall–Kier alpha value is -3.44. The van der Waals surface area contributed by atoms with Crippen LogP contribution in [0.5, 0.6) is 0 Å². The zero-order valence-electron chi connectivity index (χ0n) is 22.1. The van der Waals surface area contributed by atoms with E-state index < -0.39 is 65.7 Å². The van der Waals surface area contributed by atoms with Gasteiger partial charge in [0.25, 0.3) is 0 Å². The first-order valence-electron chi connectivity index (χ1n) is 13.2. The minimum Gasteiger partial charge on any atom is -0.343 e. The molecule has 0 radical (unpaired) electrons. The van der Waals surface area contributed by atoms with Crippen LogP contribution < -0.4 is 16.0 Å². The number of nitrogens with one attached hydrogen (secondary N) is 3. The van der Waals surface area contributed by atoms with Gasteiger partial charge < -0.3 is 20.9 Å². The number of hydrogen-bond donors (Lipinski definition) is 3. The number of nitrogens with zero attached hydrogens (tertiary/aromatic N) is 1. The molecule has 2 heterocycles. The van der Waals surface area contributed by atoms with E-state index in [1.54, 1.807) is 0 Å². The number of amides is 4. The molecule has 4 amide bonds. The highest BCUT2D eigenvalue weighted by Crippen LogP contribution is 2.22. The fraction of sp³-hybridized carbons (Fsp3) is 0.593. The molecule has 0 spiro atoms. The molecule has 0 bridgehead atoms. The van der Waals surface area contributed by atoms with Crippen molar-refractivity contribution in [2.24, 2.45) is 0 Å². The van der Waals surface area contributed by atoms with Crippen molar-refractivity contribution in [1.29, 1.82) is 0 Å². The van der Waals surface area contributed by atoms with Crippen LogP contribution in [0.3, 0.4) is 0 Å². The molecule has 2 aliphatic heterocycles. The predicted octanol–water partition coefficient (Wildman–Crippen LogP) is 2.18. The minimum atomic E-state index is -4.88. The summed E-state index contributed by atoms with van der Waals surface area (Å²) in [6, 6.07) is 6.31. The summed E-state index contributed by atoms with van der Waals surface area (Å²) in [5.74, 6) is -3.89. The summed E-state index contributed by atoms with van der Waals surface area (Å²) in [7, 11) is 0. The molecule has 2 aliphatic rings. The fourth-order valence-corrected chi connectivity index (χ4v) is 4.83. The second kappa shape index (κ2) is 12.6. The molecule has 0 saturated carbocycles. The largest absolute Gasteiger partial charge is 0.449 e. The Labute approximate surface area is 225 Å². The first-order chi connectivity index (χ1) is 18.3. The Morgan fingerprint density at radius 1 is 0.974 bits per heavy atom. The third-order valence-corrected chi connectivity index (χ3v) is 7.07. The van der Waals surface area contributed by atoms with Crippen molar-refractivity contribution in [3.63, 3.8) is 0 Å². The van der Waals surface area contributed by atoms with Crippen molar-refractivity contribution in [2.45, 2.75) is 95.1 Å². The van der Waals surface area contributed by atoms with Crippen molar-refractivity contribution in [3.8, 4) is 0 Å². The molecular formula is C27H35F3N4O5. The van der Waals surface area contributed by atoms with Crippen LogP contribution in [0, 0.1) is 0 Å². The summed E-state index contributed by atoms with van der Waals surface area (Å²) in [5.41, 5.74) is -0.611. The molecule has 9 nitrogen and oxygen atoms in total. The first-order valence-corrected chi connectivity index (χ1v) is 13.2. The third kappa shape index (κ3) is 8.03. The molecule has 1 aromatic rings. The van der Waals surface area contributed by atoms with Gasteiger partial charge in [-0.05, 0) is 45.1 Å². The Kier molecular flexibility index (Phi) is 9.73. The second-order valence-electron chi connectivity index (χ2n) is 10.6. The number of hydrogen-bond acceptors (Lipinski definition) is 5. The van der Waals surface area contributed by atoms with Crippen molar-refractivity contribution >= 4 is 29.4 Å². The Bertz CT molecular complexity index is 1080. The second-order valence-corrected chi connectivity index (χ2v) is 10.6. The topological polar surface area (TPSA) is 125 Å². The highest BCUT2D eigenvalue weighted by molar-refractivity contribution is 5.99. The molecule has 0 aromatic heterocycles. The summed E-state index contributed by atoms with van der Waals surface area (Å²) in [5, 5.41) is 8.10. The number of benzene rings is 1. The van der Waals surface area contributed by atoms with E-state index in [2.05, 4.69) is 16.0 Å². The number of carbonyl (C=O) groups excluding carboxylic acids is 5. The van der Waals surface area contributed by atoms with Gasteiger partial charge in [0.2, 0.25) is 29.4 Å². The molecule has 0 aliphatic carbocycles. The minimum absolute atomic E-state index is 0.0117. The molecule has 2 fully saturated rings. The lowest BCUT2D eigenvalue weighted by molar-refractivity contribution is -0.171. The molecule has 1 unspecified atom stereocenters. The zero-order valence-corrected chi connectivity index (χ0v) is 22.1. The maximum Gasteiger partial charge on any atom is 0.449 e. The van der Waals surface area contributed by atoms with E-state index >= 15 is 0 Å². The molecule has 3 rings (SSSR count). The number of rotatable bonds is 8. The number of ketones is 1. The summed E-state index contributed by atoms with van der Waals surface area (Å²) in [6.07, 6.45) is -3.77. The predicted molar refractivity (Wildman–Crippen MR) is 135 cm³/mol. The molecule has 3 N–H and O–H groups in total. The average Bonchev–Trinajstić information content (AvgIpc) is 3.36. The third-order valence-electron chi connectivity index (χ3n) is 7.07. The van der Waals surface area contributed by atoms with E-state index in [0.717, 1.165) is 5.56 Å². The maximum atomic E-state index is 13.6. The average molecular weight is 553 g/mol.